The van der Waals surface area contributed by atoms with Crippen LogP contribution in [0.1, 0.15) is 36.5 Å². The van der Waals surface area contributed by atoms with Gasteiger partial charge in [-0.1, -0.05) is 15.9 Å². The number of benzene rings is 1. The molecule has 0 aromatic heterocycles. The highest BCUT2D eigenvalue weighted by Crippen LogP contribution is 2.36. The molecule has 3 nitrogen and oxygen atoms in total. The van der Waals surface area contributed by atoms with Crippen molar-refractivity contribution in [3.8, 4) is 0 Å². The molecule has 2 N–H and O–H groups in total. The summed E-state index contributed by atoms with van der Waals surface area (Å²) in [4.78, 5) is 11.1. The molecule has 0 spiro atoms. The summed E-state index contributed by atoms with van der Waals surface area (Å²) in [5.74, 6) is -0.891. The molecule has 2 rings (SSSR count). The number of carbonyl (C=O) groups is 1. The number of carboxylic acids is 1. The molecule has 0 atom stereocenters. The van der Waals surface area contributed by atoms with Gasteiger partial charge in [-0.15, -0.1) is 0 Å². The van der Waals surface area contributed by atoms with Crippen molar-refractivity contribution in [1.29, 1.82) is 0 Å². The smallest absolute Gasteiger partial charge is 0.337 e. The summed E-state index contributed by atoms with van der Waals surface area (Å²) in [6, 6.07) is 5.20. The van der Waals surface area contributed by atoms with Gasteiger partial charge < -0.3 is 10.4 Å². The van der Waals surface area contributed by atoms with Crippen LogP contribution in [-0.4, -0.2) is 16.6 Å². The maximum Gasteiger partial charge on any atom is 0.337 e. The Morgan fingerprint density at radius 1 is 1.50 bits per heavy atom. The Kier molecular flexibility index (Phi) is 2.93. The van der Waals surface area contributed by atoms with Crippen LogP contribution in [0.25, 0.3) is 0 Å². The molecular formula is C12H14BrNO2. The maximum atomic E-state index is 11.1. The van der Waals surface area contributed by atoms with Crippen LogP contribution in [0.5, 0.6) is 0 Å². The molecule has 16 heavy (non-hydrogen) atoms. The molecule has 1 fully saturated rings. The Balaban J connectivity index is 2.30. The zero-order valence-electron chi connectivity index (χ0n) is 9.09. The van der Waals surface area contributed by atoms with Crippen LogP contribution in [-0.2, 0) is 0 Å². The number of aromatic carboxylic acids is 1. The lowest BCUT2D eigenvalue weighted by Crippen LogP contribution is -2.42. The lowest BCUT2D eigenvalue weighted by Gasteiger charge is -2.40. The van der Waals surface area contributed by atoms with Gasteiger partial charge >= 0.3 is 5.97 Å². The number of carboxylic acid groups (broad SMARTS) is 1. The number of anilines is 1. The van der Waals surface area contributed by atoms with Crippen LogP contribution in [0.2, 0.25) is 0 Å². The number of hydrogen-bond donors (Lipinski definition) is 2. The lowest BCUT2D eigenvalue weighted by atomic mass is 9.78. The van der Waals surface area contributed by atoms with E-state index < -0.39 is 5.97 Å². The summed E-state index contributed by atoms with van der Waals surface area (Å²) in [6.45, 7) is 2.13. The van der Waals surface area contributed by atoms with E-state index in [1.807, 2.05) is 6.07 Å². The molecule has 0 radical (unpaired) electrons. The van der Waals surface area contributed by atoms with Crippen molar-refractivity contribution < 1.29 is 9.90 Å². The second kappa shape index (κ2) is 4.09. The van der Waals surface area contributed by atoms with E-state index in [9.17, 15) is 4.79 Å². The Morgan fingerprint density at radius 3 is 2.69 bits per heavy atom. The van der Waals surface area contributed by atoms with Crippen LogP contribution < -0.4 is 5.32 Å². The number of hydrogen-bond acceptors (Lipinski definition) is 2. The predicted molar refractivity (Wildman–Crippen MR) is 67.0 cm³/mol. The van der Waals surface area contributed by atoms with Crippen molar-refractivity contribution in [2.45, 2.75) is 31.7 Å². The van der Waals surface area contributed by atoms with E-state index in [1.54, 1.807) is 12.1 Å². The fourth-order valence-electron chi connectivity index (χ4n) is 1.96. The van der Waals surface area contributed by atoms with E-state index in [0.29, 0.717) is 11.3 Å². The summed E-state index contributed by atoms with van der Waals surface area (Å²) in [7, 11) is 0. The monoisotopic (exact) mass is 283 g/mol. The Bertz CT molecular complexity index is 427. The quantitative estimate of drug-likeness (QED) is 0.893. The molecule has 0 bridgehead atoms. The van der Waals surface area contributed by atoms with Gasteiger partial charge in [0.05, 0.1) is 11.3 Å². The molecule has 1 aromatic rings. The average molecular weight is 284 g/mol. The summed E-state index contributed by atoms with van der Waals surface area (Å²) in [5.41, 5.74) is 1.09. The highest BCUT2D eigenvalue weighted by atomic mass is 79.9. The number of nitrogens with one attached hydrogen (secondary N) is 1. The molecule has 1 aromatic carbocycles. The van der Waals surface area contributed by atoms with E-state index >= 15 is 0 Å². The van der Waals surface area contributed by atoms with E-state index in [2.05, 4.69) is 28.2 Å². The van der Waals surface area contributed by atoms with Crippen LogP contribution in [0.3, 0.4) is 0 Å². The summed E-state index contributed by atoms with van der Waals surface area (Å²) >= 11 is 3.36. The van der Waals surface area contributed by atoms with E-state index in [-0.39, 0.29) is 5.54 Å². The topological polar surface area (TPSA) is 49.3 Å². The fraction of sp³-hybridized carbons (Fsp3) is 0.417. The molecule has 0 amide bonds. The predicted octanol–water partition coefficient (Wildman–Crippen LogP) is 3.50. The van der Waals surface area contributed by atoms with Gasteiger partial charge in [-0.3, -0.25) is 0 Å². The van der Waals surface area contributed by atoms with E-state index in [1.165, 1.54) is 6.42 Å². The Morgan fingerprint density at radius 2 is 2.19 bits per heavy atom. The first-order valence-electron chi connectivity index (χ1n) is 5.31. The first kappa shape index (κ1) is 11.5. The molecule has 0 heterocycles. The summed E-state index contributed by atoms with van der Waals surface area (Å²) < 4.78 is 0.892. The van der Waals surface area contributed by atoms with Gasteiger partial charge in [0.25, 0.3) is 0 Å². The maximum absolute atomic E-state index is 11.1. The summed E-state index contributed by atoms with van der Waals surface area (Å²) in [5, 5.41) is 12.4. The zero-order chi connectivity index (χ0) is 11.8. The van der Waals surface area contributed by atoms with Gasteiger partial charge in [0.1, 0.15) is 0 Å². The molecule has 0 unspecified atom stereocenters. The minimum absolute atomic E-state index is 0.0605. The Labute approximate surface area is 103 Å². The van der Waals surface area contributed by atoms with Gasteiger partial charge in [-0.05, 0) is 44.4 Å². The van der Waals surface area contributed by atoms with Crippen molar-refractivity contribution in [2.24, 2.45) is 0 Å². The molecule has 1 aliphatic carbocycles. The van der Waals surface area contributed by atoms with Crippen molar-refractivity contribution in [3.05, 3.63) is 28.2 Å². The standard InChI is InChI=1S/C12H14BrNO2/c1-12(5-2-6-12)14-10-7-8(13)3-4-9(10)11(15)16/h3-4,7,14H,2,5-6H2,1H3,(H,15,16). The minimum Gasteiger partial charge on any atom is -0.478 e. The van der Waals surface area contributed by atoms with Gasteiger partial charge in [0.2, 0.25) is 0 Å². The third-order valence-electron chi connectivity index (χ3n) is 3.11. The number of rotatable bonds is 3. The molecule has 86 valence electrons. The van der Waals surface area contributed by atoms with Gasteiger partial charge in [-0.2, -0.15) is 0 Å². The van der Waals surface area contributed by atoms with Gasteiger partial charge in [-0.25, -0.2) is 4.79 Å². The highest BCUT2D eigenvalue weighted by Gasteiger charge is 2.32. The molecular weight excluding hydrogens is 270 g/mol. The molecule has 0 aliphatic heterocycles. The zero-order valence-corrected chi connectivity index (χ0v) is 10.7. The van der Waals surface area contributed by atoms with Crippen LogP contribution in [0.4, 0.5) is 5.69 Å². The van der Waals surface area contributed by atoms with Gasteiger partial charge in [0, 0.05) is 10.0 Å². The Hall–Kier alpha value is -1.03. The number of halogens is 1. The second-order valence-corrected chi connectivity index (χ2v) is 5.45. The van der Waals surface area contributed by atoms with Gasteiger partial charge in [0.15, 0.2) is 0 Å². The second-order valence-electron chi connectivity index (χ2n) is 4.53. The van der Waals surface area contributed by atoms with Crippen LogP contribution in [0.15, 0.2) is 22.7 Å². The molecule has 1 aliphatic rings. The third kappa shape index (κ3) is 2.21. The minimum atomic E-state index is -0.891. The van der Waals surface area contributed by atoms with E-state index in [0.717, 1.165) is 17.3 Å². The van der Waals surface area contributed by atoms with Crippen molar-refractivity contribution in [2.75, 3.05) is 5.32 Å². The first-order valence-corrected chi connectivity index (χ1v) is 6.10. The van der Waals surface area contributed by atoms with Crippen LogP contribution in [0, 0.1) is 0 Å². The van der Waals surface area contributed by atoms with Crippen molar-refractivity contribution >= 4 is 27.6 Å². The van der Waals surface area contributed by atoms with Crippen molar-refractivity contribution in [3.63, 3.8) is 0 Å². The third-order valence-corrected chi connectivity index (χ3v) is 3.60. The SMILES string of the molecule is CC1(Nc2cc(Br)ccc2C(=O)O)CCC1. The van der Waals surface area contributed by atoms with Crippen molar-refractivity contribution in [1.82, 2.24) is 0 Å². The highest BCUT2D eigenvalue weighted by molar-refractivity contribution is 9.10. The lowest BCUT2D eigenvalue weighted by molar-refractivity contribution is 0.0697. The molecule has 1 saturated carbocycles. The molecule has 0 saturated heterocycles. The van der Waals surface area contributed by atoms with Crippen LogP contribution >= 0.6 is 15.9 Å². The normalized spacial score (nSPS) is 17.6. The first-order chi connectivity index (χ1) is 7.50. The largest absolute Gasteiger partial charge is 0.478 e. The molecule has 4 heteroatoms. The van der Waals surface area contributed by atoms with E-state index in [4.69, 9.17) is 5.11 Å². The average Bonchev–Trinajstić information content (AvgIpc) is 2.15. The fourth-order valence-corrected chi connectivity index (χ4v) is 2.32. The summed E-state index contributed by atoms with van der Waals surface area (Å²) in [6.07, 6.45) is 3.40.